The number of methoxy groups -OCH3 is 5. The molecule has 1 aromatic carbocycles. The van der Waals surface area contributed by atoms with Crippen LogP contribution in [0.1, 0.15) is 11.7 Å². The molecule has 0 saturated heterocycles. The van der Waals surface area contributed by atoms with Crippen LogP contribution in [0, 0.1) is 0 Å². The van der Waals surface area contributed by atoms with E-state index in [0.717, 1.165) is 5.56 Å². The van der Waals surface area contributed by atoms with Gasteiger partial charge in [-0.25, -0.2) is 0 Å². The number of benzene rings is 1. The number of hydrogen-bond donors (Lipinski definition) is 0. The van der Waals surface area contributed by atoms with Crippen LogP contribution in [0.4, 0.5) is 0 Å². The van der Waals surface area contributed by atoms with Gasteiger partial charge in [0.25, 0.3) is 0 Å². The van der Waals surface area contributed by atoms with E-state index in [1.807, 2.05) is 18.2 Å². The van der Waals surface area contributed by atoms with Crippen molar-refractivity contribution < 1.29 is 23.7 Å². The van der Waals surface area contributed by atoms with Crippen LogP contribution in [0.25, 0.3) is 0 Å². The van der Waals surface area contributed by atoms with E-state index in [0.29, 0.717) is 18.1 Å². The average Bonchev–Trinajstić information content (AvgIpc) is 2.46. The van der Waals surface area contributed by atoms with E-state index in [9.17, 15) is 0 Å². The van der Waals surface area contributed by atoms with Crippen molar-refractivity contribution in [3.8, 4) is 11.5 Å². The van der Waals surface area contributed by atoms with Gasteiger partial charge in [0.1, 0.15) is 12.2 Å². The predicted molar refractivity (Wildman–Crippen MR) is 72.0 cm³/mol. The second-order valence-electron chi connectivity index (χ2n) is 4.00. The molecule has 5 heteroatoms. The predicted octanol–water partition coefficient (Wildman–Crippen LogP) is 2.05. The molecule has 0 saturated carbocycles. The Morgan fingerprint density at radius 1 is 0.895 bits per heavy atom. The lowest BCUT2D eigenvalue weighted by Gasteiger charge is -2.25. The largest absolute Gasteiger partial charge is 0.493 e. The highest BCUT2D eigenvalue weighted by molar-refractivity contribution is 5.43. The molecule has 0 heterocycles. The minimum Gasteiger partial charge on any atom is -0.493 e. The summed E-state index contributed by atoms with van der Waals surface area (Å²) in [4.78, 5) is 0. The van der Waals surface area contributed by atoms with Gasteiger partial charge < -0.3 is 23.7 Å². The van der Waals surface area contributed by atoms with Crippen LogP contribution in [0.3, 0.4) is 0 Å². The number of hydrogen-bond acceptors (Lipinski definition) is 5. The average molecular weight is 270 g/mol. The van der Waals surface area contributed by atoms with Gasteiger partial charge in [0.15, 0.2) is 11.5 Å². The van der Waals surface area contributed by atoms with Crippen molar-refractivity contribution in [2.24, 2.45) is 0 Å². The summed E-state index contributed by atoms with van der Waals surface area (Å²) in [6.07, 6.45) is -0.419. The van der Waals surface area contributed by atoms with E-state index >= 15 is 0 Å². The maximum absolute atomic E-state index is 5.51. The molecule has 0 bridgehead atoms. The monoisotopic (exact) mass is 270 g/mol. The van der Waals surface area contributed by atoms with Crippen molar-refractivity contribution in [1.29, 1.82) is 0 Å². The number of rotatable bonds is 8. The van der Waals surface area contributed by atoms with E-state index < -0.39 is 0 Å². The Morgan fingerprint density at radius 2 is 1.58 bits per heavy atom. The fraction of sp³-hybridized carbons (Fsp3) is 0.571. The lowest BCUT2D eigenvalue weighted by Crippen LogP contribution is -2.27. The molecule has 5 nitrogen and oxygen atoms in total. The van der Waals surface area contributed by atoms with Gasteiger partial charge in [-0.3, -0.25) is 0 Å². The third kappa shape index (κ3) is 3.83. The summed E-state index contributed by atoms with van der Waals surface area (Å²) in [7, 11) is 8.12. The summed E-state index contributed by atoms with van der Waals surface area (Å²) in [6, 6.07) is 5.66. The molecule has 1 aromatic rings. The van der Waals surface area contributed by atoms with Crippen LogP contribution in [0.2, 0.25) is 0 Å². The van der Waals surface area contributed by atoms with Gasteiger partial charge in [0.2, 0.25) is 0 Å². The summed E-state index contributed by atoms with van der Waals surface area (Å²) in [5.41, 5.74) is 0.948. The molecule has 0 aliphatic heterocycles. The van der Waals surface area contributed by atoms with Gasteiger partial charge in [-0.05, 0) is 17.7 Å². The Bertz CT molecular complexity index is 380. The SMILES string of the molecule is COC[C@@H](OC)[C@H](OC)c1ccc(OC)c(OC)c1. The topological polar surface area (TPSA) is 46.2 Å². The van der Waals surface area contributed by atoms with Crippen LogP contribution in [0.5, 0.6) is 11.5 Å². The van der Waals surface area contributed by atoms with Crippen LogP contribution >= 0.6 is 0 Å². The lowest BCUT2D eigenvalue weighted by atomic mass is 10.0. The third-order valence-corrected chi connectivity index (χ3v) is 2.96. The number of ether oxygens (including phenoxy) is 5. The zero-order chi connectivity index (χ0) is 14.3. The first kappa shape index (κ1) is 15.8. The molecule has 0 amide bonds. The fourth-order valence-corrected chi connectivity index (χ4v) is 1.98. The Hall–Kier alpha value is -1.30. The van der Waals surface area contributed by atoms with Crippen molar-refractivity contribution in [1.82, 2.24) is 0 Å². The van der Waals surface area contributed by atoms with Crippen molar-refractivity contribution in [3.05, 3.63) is 23.8 Å². The van der Waals surface area contributed by atoms with Crippen molar-refractivity contribution in [2.45, 2.75) is 12.2 Å². The molecule has 0 aliphatic rings. The summed E-state index contributed by atoms with van der Waals surface area (Å²) in [5.74, 6) is 1.34. The van der Waals surface area contributed by atoms with Crippen LogP contribution in [-0.2, 0) is 14.2 Å². The summed E-state index contributed by atoms with van der Waals surface area (Å²) < 4.78 is 26.6. The first-order chi connectivity index (χ1) is 9.21. The highest BCUT2D eigenvalue weighted by atomic mass is 16.6. The molecule has 0 unspecified atom stereocenters. The van der Waals surface area contributed by atoms with E-state index in [1.165, 1.54) is 0 Å². The molecule has 0 fully saturated rings. The first-order valence-corrected chi connectivity index (χ1v) is 5.98. The molecular formula is C14H22O5. The minimum atomic E-state index is -0.232. The molecular weight excluding hydrogens is 248 g/mol. The molecule has 2 atom stereocenters. The lowest BCUT2D eigenvalue weighted by molar-refractivity contribution is -0.0697. The molecule has 0 spiro atoms. The van der Waals surface area contributed by atoms with Gasteiger partial charge in [0.05, 0.1) is 20.8 Å². The Morgan fingerprint density at radius 3 is 2.05 bits per heavy atom. The maximum atomic E-state index is 5.51. The van der Waals surface area contributed by atoms with Crippen LogP contribution in [-0.4, -0.2) is 48.3 Å². The Labute approximate surface area is 114 Å². The standard InChI is InChI=1S/C14H22O5/c1-15-9-13(18-4)14(19-5)10-6-7-11(16-2)12(8-10)17-3/h6-8,13-14H,9H2,1-5H3/t13-,14-/m1/s1. The third-order valence-electron chi connectivity index (χ3n) is 2.96. The smallest absolute Gasteiger partial charge is 0.161 e. The molecule has 0 radical (unpaired) electrons. The summed E-state index contributed by atoms with van der Waals surface area (Å²) in [6.45, 7) is 0.448. The molecule has 1 rings (SSSR count). The molecule has 0 aromatic heterocycles. The van der Waals surface area contributed by atoms with E-state index in [1.54, 1.807) is 35.5 Å². The molecule has 19 heavy (non-hydrogen) atoms. The first-order valence-electron chi connectivity index (χ1n) is 5.98. The molecule has 0 aliphatic carbocycles. The van der Waals surface area contributed by atoms with Gasteiger partial charge in [0, 0.05) is 21.3 Å². The van der Waals surface area contributed by atoms with Gasteiger partial charge >= 0.3 is 0 Å². The van der Waals surface area contributed by atoms with E-state index in [2.05, 4.69) is 0 Å². The van der Waals surface area contributed by atoms with Crippen molar-refractivity contribution in [2.75, 3.05) is 42.2 Å². The van der Waals surface area contributed by atoms with Crippen LogP contribution in [0.15, 0.2) is 18.2 Å². The Balaban J connectivity index is 3.03. The quantitative estimate of drug-likeness (QED) is 0.723. The van der Waals surface area contributed by atoms with Crippen LogP contribution < -0.4 is 9.47 Å². The molecule has 0 N–H and O–H groups in total. The zero-order valence-electron chi connectivity index (χ0n) is 12.1. The maximum Gasteiger partial charge on any atom is 0.161 e. The van der Waals surface area contributed by atoms with E-state index in [-0.39, 0.29) is 12.2 Å². The van der Waals surface area contributed by atoms with Crippen molar-refractivity contribution >= 4 is 0 Å². The second-order valence-corrected chi connectivity index (χ2v) is 4.00. The second kappa shape index (κ2) is 7.99. The molecule has 108 valence electrons. The summed E-state index contributed by atoms with van der Waals surface area (Å²) >= 11 is 0. The van der Waals surface area contributed by atoms with Gasteiger partial charge in [-0.15, -0.1) is 0 Å². The zero-order valence-corrected chi connectivity index (χ0v) is 12.1. The minimum absolute atomic E-state index is 0.187. The highest BCUT2D eigenvalue weighted by Crippen LogP contribution is 2.32. The Kier molecular flexibility index (Phi) is 6.62. The van der Waals surface area contributed by atoms with Crippen molar-refractivity contribution in [3.63, 3.8) is 0 Å². The highest BCUT2D eigenvalue weighted by Gasteiger charge is 2.24. The normalized spacial score (nSPS) is 13.9. The fourth-order valence-electron chi connectivity index (χ4n) is 1.98. The summed E-state index contributed by atoms with van der Waals surface area (Å²) in [5, 5.41) is 0. The van der Waals surface area contributed by atoms with E-state index in [4.69, 9.17) is 23.7 Å². The van der Waals surface area contributed by atoms with Gasteiger partial charge in [-0.1, -0.05) is 6.07 Å². The van der Waals surface area contributed by atoms with Gasteiger partial charge in [-0.2, -0.15) is 0 Å².